The van der Waals surface area contributed by atoms with Gasteiger partial charge in [-0.05, 0) is 60.5 Å². The number of amides is 4. The summed E-state index contributed by atoms with van der Waals surface area (Å²) in [4.78, 5) is 37.4. The zero-order valence-electron chi connectivity index (χ0n) is 13.8. The first-order valence-electron chi connectivity index (χ1n) is 8.19. The molecule has 2 aliphatic rings. The zero-order valence-corrected chi connectivity index (χ0v) is 15.4. The van der Waals surface area contributed by atoms with E-state index in [0.29, 0.717) is 31.0 Å². The molecule has 2 N–H and O–H groups in total. The van der Waals surface area contributed by atoms with Gasteiger partial charge in [-0.2, -0.15) is 5.01 Å². The standard InChI is InChI=1S/C16H21BrN4O3/c1-3-20-9-11(17)8-12(20)13(22)19-21-14(23)16(18-15(21)24)6-4-10(2)5-7-16/h8-10H,3-7H2,1-2H3,(H,18,24)(H,19,22). The minimum Gasteiger partial charge on any atom is -0.343 e. The number of aromatic nitrogens is 1. The molecule has 0 bridgehead atoms. The molecule has 2 fully saturated rings. The van der Waals surface area contributed by atoms with Crippen molar-refractivity contribution >= 4 is 33.8 Å². The monoisotopic (exact) mass is 396 g/mol. The summed E-state index contributed by atoms with van der Waals surface area (Å²) in [6.07, 6.45) is 4.79. The van der Waals surface area contributed by atoms with Crippen LogP contribution < -0.4 is 10.7 Å². The Morgan fingerprint density at radius 3 is 2.71 bits per heavy atom. The van der Waals surface area contributed by atoms with Crippen LogP contribution in [0.2, 0.25) is 0 Å². The van der Waals surface area contributed by atoms with E-state index in [1.165, 1.54) is 0 Å². The lowest BCUT2D eigenvalue weighted by Gasteiger charge is -2.33. The van der Waals surface area contributed by atoms with Crippen molar-refractivity contribution < 1.29 is 14.4 Å². The van der Waals surface area contributed by atoms with Gasteiger partial charge in [0, 0.05) is 17.2 Å². The normalized spacial score (nSPS) is 26.8. The number of carbonyl (C=O) groups is 3. The lowest BCUT2D eigenvalue weighted by Crippen LogP contribution is -2.51. The Balaban J connectivity index is 1.76. The third-order valence-electron chi connectivity index (χ3n) is 4.94. The average molecular weight is 397 g/mol. The van der Waals surface area contributed by atoms with Crippen LogP contribution in [0.25, 0.3) is 0 Å². The number of hydrogen-bond acceptors (Lipinski definition) is 3. The van der Waals surface area contributed by atoms with Crippen molar-refractivity contribution in [2.75, 3.05) is 0 Å². The van der Waals surface area contributed by atoms with Crippen molar-refractivity contribution in [2.24, 2.45) is 5.92 Å². The summed E-state index contributed by atoms with van der Waals surface area (Å²) in [5, 5.41) is 3.62. The van der Waals surface area contributed by atoms with Crippen LogP contribution >= 0.6 is 15.9 Å². The largest absolute Gasteiger partial charge is 0.344 e. The van der Waals surface area contributed by atoms with Gasteiger partial charge in [0.25, 0.3) is 11.8 Å². The van der Waals surface area contributed by atoms with Gasteiger partial charge in [0.1, 0.15) is 11.2 Å². The highest BCUT2D eigenvalue weighted by molar-refractivity contribution is 9.10. The average Bonchev–Trinajstić information content (AvgIpc) is 3.04. The number of carbonyl (C=O) groups excluding carboxylic acids is 3. The Kier molecular flexibility index (Phi) is 4.42. The summed E-state index contributed by atoms with van der Waals surface area (Å²) in [5.41, 5.74) is 1.99. The number of halogens is 1. The second-order valence-electron chi connectivity index (χ2n) is 6.61. The smallest absolute Gasteiger partial charge is 0.343 e. The molecule has 8 heteroatoms. The van der Waals surface area contributed by atoms with E-state index in [1.807, 2.05) is 6.92 Å². The number of nitrogens with one attached hydrogen (secondary N) is 2. The summed E-state index contributed by atoms with van der Waals surface area (Å²) in [7, 11) is 0. The van der Waals surface area contributed by atoms with Gasteiger partial charge in [0.05, 0.1) is 0 Å². The first-order chi connectivity index (χ1) is 11.4. The molecule has 3 rings (SSSR count). The molecule has 1 aromatic rings. The molecule has 4 amide bonds. The zero-order chi connectivity index (χ0) is 17.5. The van der Waals surface area contributed by atoms with E-state index < -0.39 is 17.5 Å². The number of hydrazine groups is 1. The molecule has 2 heterocycles. The van der Waals surface area contributed by atoms with Crippen molar-refractivity contribution in [3.05, 3.63) is 22.4 Å². The molecule has 1 aliphatic carbocycles. The predicted molar refractivity (Wildman–Crippen MR) is 91.0 cm³/mol. The highest BCUT2D eigenvalue weighted by Crippen LogP contribution is 2.35. The first-order valence-corrected chi connectivity index (χ1v) is 8.99. The topological polar surface area (TPSA) is 83.4 Å². The molecule has 7 nitrogen and oxygen atoms in total. The Morgan fingerprint density at radius 1 is 1.42 bits per heavy atom. The van der Waals surface area contributed by atoms with E-state index in [4.69, 9.17) is 0 Å². The maximum atomic E-state index is 12.7. The fourth-order valence-corrected chi connectivity index (χ4v) is 3.87. The number of rotatable bonds is 3. The van der Waals surface area contributed by atoms with Crippen molar-refractivity contribution in [3.8, 4) is 0 Å². The molecule has 1 saturated carbocycles. The van der Waals surface area contributed by atoms with Gasteiger partial charge in [-0.1, -0.05) is 6.92 Å². The first kappa shape index (κ1) is 17.0. The molecular formula is C16H21BrN4O3. The third-order valence-corrected chi connectivity index (χ3v) is 5.37. The van der Waals surface area contributed by atoms with Crippen molar-refractivity contribution in [2.45, 2.75) is 51.6 Å². The molecule has 1 saturated heterocycles. The highest BCUT2D eigenvalue weighted by Gasteiger charge is 2.53. The van der Waals surface area contributed by atoms with Crippen molar-refractivity contribution in [1.29, 1.82) is 0 Å². The van der Waals surface area contributed by atoms with Crippen LogP contribution in [0.3, 0.4) is 0 Å². The van der Waals surface area contributed by atoms with Crippen LogP contribution in [0.1, 0.15) is 50.0 Å². The highest BCUT2D eigenvalue weighted by atomic mass is 79.9. The Bertz CT molecular complexity index is 691. The number of urea groups is 1. The second-order valence-corrected chi connectivity index (χ2v) is 7.52. The fourth-order valence-electron chi connectivity index (χ4n) is 3.40. The van der Waals surface area contributed by atoms with Crippen LogP contribution in [-0.2, 0) is 11.3 Å². The predicted octanol–water partition coefficient (Wildman–Crippen LogP) is 2.42. The van der Waals surface area contributed by atoms with Gasteiger partial charge >= 0.3 is 6.03 Å². The van der Waals surface area contributed by atoms with Gasteiger partial charge in [0.2, 0.25) is 0 Å². The van der Waals surface area contributed by atoms with Gasteiger partial charge < -0.3 is 9.88 Å². The quantitative estimate of drug-likeness (QED) is 0.769. The third kappa shape index (κ3) is 2.83. The molecule has 130 valence electrons. The summed E-state index contributed by atoms with van der Waals surface area (Å²) in [5.74, 6) is -0.289. The molecule has 1 aromatic heterocycles. The lowest BCUT2D eigenvalue weighted by atomic mass is 9.77. The second kappa shape index (κ2) is 6.23. The lowest BCUT2D eigenvalue weighted by molar-refractivity contribution is -0.134. The van der Waals surface area contributed by atoms with Gasteiger partial charge in [-0.15, -0.1) is 0 Å². The molecule has 1 spiro atoms. The molecular weight excluding hydrogens is 376 g/mol. The van der Waals surface area contributed by atoms with Crippen LogP contribution in [0.4, 0.5) is 4.79 Å². The van der Waals surface area contributed by atoms with Gasteiger partial charge in [-0.25, -0.2) is 4.79 Å². The number of aryl methyl sites for hydroxylation is 1. The van der Waals surface area contributed by atoms with E-state index in [-0.39, 0.29) is 5.91 Å². The maximum Gasteiger partial charge on any atom is 0.344 e. The molecule has 0 unspecified atom stereocenters. The minimum absolute atomic E-state index is 0.360. The SMILES string of the molecule is CCn1cc(Br)cc1C(=O)NN1C(=O)NC2(CCC(C)CC2)C1=O. The van der Waals surface area contributed by atoms with Crippen molar-refractivity contribution in [1.82, 2.24) is 20.3 Å². The van der Waals surface area contributed by atoms with Gasteiger partial charge in [0.15, 0.2) is 0 Å². The molecule has 1 aliphatic heterocycles. The summed E-state index contributed by atoms with van der Waals surface area (Å²) < 4.78 is 2.51. The van der Waals surface area contributed by atoms with Crippen molar-refractivity contribution in [3.63, 3.8) is 0 Å². The van der Waals surface area contributed by atoms with E-state index >= 15 is 0 Å². The minimum atomic E-state index is -0.857. The molecule has 24 heavy (non-hydrogen) atoms. The summed E-state index contributed by atoms with van der Waals surface area (Å²) in [6.45, 7) is 4.66. The fraction of sp³-hybridized carbons (Fsp3) is 0.562. The van der Waals surface area contributed by atoms with Crippen LogP contribution in [0.15, 0.2) is 16.7 Å². The van der Waals surface area contributed by atoms with Crippen LogP contribution in [-0.4, -0.2) is 33.0 Å². The van der Waals surface area contributed by atoms with E-state index in [0.717, 1.165) is 22.3 Å². The number of imide groups is 1. The van der Waals surface area contributed by atoms with Gasteiger partial charge in [-0.3, -0.25) is 15.0 Å². The Hall–Kier alpha value is -1.83. The Morgan fingerprint density at radius 2 is 2.08 bits per heavy atom. The van der Waals surface area contributed by atoms with E-state index in [1.54, 1.807) is 16.8 Å². The molecule has 0 radical (unpaired) electrons. The van der Waals surface area contributed by atoms with E-state index in [9.17, 15) is 14.4 Å². The summed E-state index contributed by atoms with van der Waals surface area (Å²) in [6, 6.07) is 1.10. The maximum absolute atomic E-state index is 12.7. The van der Waals surface area contributed by atoms with Crippen LogP contribution in [0, 0.1) is 5.92 Å². The number of hydrogen-bond donors (Lipinski definition) is 2. The molecule has 0 atom stereocenters. The number of nitrogens with zero attached hydrogens (tertiary/aromatic N) is 2. The Labute approximate surface area is 148 Å². The molecule has 0 aromatic carbocycles. The summed E-state index contributed by atoms with van der Waals surface area (Å²) >= 11 is 3.33. The van der Waals surface area contributed by atoms with Crippen LogP contribution in [0.5, 0.6) is 0 Å². The van der Waals surface area contributed by atoms with E-state index in [2.05, 4.69) is 33.6 Å².